The van der Waals surface area contributed by atoms with Gasteiger partial charge in [-0.15, -0.1) is 11.3 Å². The topological polar surface area (TPSA) is 0 Å². The van der Waals surface area contributed by atoms with Crippen molar-refractivity contribution in [3.63, 3.8) is 0 Å². The summed E-state index contributed by atoms with van der Waals surface area (Å²) < 4.78 is 3.54. The second-order valence-electron chi connectivity index (χ2n) is 4.50. The van der Waals surface area contributed by atoms with Crippen molar-refractivity contribution in [3.05, 3.63) is 58.0 Å². The molecule has 19 heavy (non-hydrogen) atoms. The van der Waals surface area contributed by atoms with E-state index in [1.54, 1.807) is 11.3 Å². The molecule has 0 fully saturated rings. The average molecular weight is 348 g/mol. The number of halogens is 2. The molecule has 0 N–H and O–H groups in total. The monoisotopic (exact) mass is 346 g/mol. The van der Waals surface area contributed by atoms with Crippen LogP contribution in [-0.4, -0.2) is 0 Å². The minimum atomic E-state index is 0.823. The lowest BCUT2D eigenvalue weighted by atomic mass is 10.0. The summed E-state index contributed by atoms with van der Waals surface area (Å²) in [4.78, 5) is 0. The molecule has 0 spiro atoms. The molecule has 0 aliphatic heterocycles. The van der Waals surface area contributed by atoms with Gasteiger partial charge in [-0.2, -0.15) is 0 Å². The maximum absolute atomic E-state index is 6.34. The van der Waals surface area contributed by atoms with E-state index in [4.69, 9.17) is 11.6 Å². The lowest BCUT2D eigenvalue weighted by molar-refractivity contribution is 1.79. The SMILES string of the molecule is Clc1ccc(Br)c2c1sc1ccc3ccccc3c12. The summed E-state index contributed by atoms with van der Waals surface area (Å²) >= 11 is 11.8. The predicted octanol–water partition coefficient (Wildman–Crippen LogP) is 6.62. The maximum Gasteiger partial charge on any atom is 0.0585 e. The van der Waals surface area contributed by atoms with Crippen LogP contribution in [0.25, 0.3) is 30.9 Å². The van der Waals surface area contributed by atoms with Crippen molar-refractivity contribution in [2.75, 3.05) is 0 Å². The van der Waals surface area contributed by atoms with E-state index in [-0.39, 0.29) is 0 Å². The van der Waals surface area contributed by atoms with Crippen LogP contribution in [0.1, 0.15) is 0 Å². The minimum Gasteiger partial charge on any atom is -0.134 e. The molecule has 3 heteroatoms. The first kappa shape index (κ1) is 11.7. The first-order chi connectivity index (χ1) is 9.25. The molecule has 0 saturated heterocycles. The van der Waals surface area contributed by atoms with Crippen LogP contribution in [0.3, 0.4) is 0 Å². The van der Waals surface area contributed by atoms with Crippen molar-refractivity contribution >= 4 is 69.8 Å². The highest BCUT2D eigenvalue weighted by atomic mass is 79.9. The van der Waals surface area contributed by atoms with Gasteiger partial charge in [0, 0.05) is 19.9 Å². The molecule has 1 heterocycles. The molecular formula is C16H8BrClS. The number of rotatable bonds is 0. The molecule has 0 radical (unpaired) electrons. The molecule has 0 aliphatic carbocycles. The van der Waals surface area contributed by atoms with Gasteiger partial charge in [-0.3, -0.25) is 0 Å². The molecule has 0 aliphatic rings. The number of hydrogen-bond donors (Lipinski definition) is 0. The van der Waals surface area contributed by atoms with Crippen molar-refractivity contribution < 1.29 is 0 Å². The van der Waals surface area contributed by atoms with Crippen molar-refractivity contribution in [1.82, 2.24) is 0 Å². The van der Waals surface area contributed by atoms with E-state index >= 15 is 0 Å². The van der Waals surface area contributed by atoms with Crippen molar-refractivity contribution in [3.8, 4) is 0 Å². The number of thiophene rings is 1. The van der Waals surface area contributed by atoms with Gasteiger partial charge in [0.1, 0.15) is 0 Å². The number of benzene rings is 3. The zero-order valence-corrected chi connectivity index (χ0v) is 12.9. The Balaban J connectivity index is 2.39. The van der Waals surface area contributed by atoms with E-state index in [1.165, 1.54) is 26.2 Å². The van der Waals surface area contributed by atoms with Crippen LogP contribution < -0.4 is 0 Å². The summed E-state index contributed by atoms with van der Waals surface area (Å²) in [6, 6.07) is 16.8. The summed E-state index contributed by atoms with van der Waals surface area (Å²) in [7, 11) is 0. The van der Waals surface area contributed by atoms with Crippen LogP contribution in [0, 0.1) is 0 Å². The molecule has 0 unspecified atom stereocenters. The van der Waals surface area contributed by atoms with E-state index in [1.807, 2.05) is 12.1 Å². The van der Waals surface area contributed by atoms with Gasteiger partial charge in [0.25, 0.3) is 0 Å². The third kappa shape index (κ3) is 1.64. The highest BCUT2D eigenvalue weighted by Crippen LogP contribution is 2.44. The fraction of sp³-hybridized carbons (Fsp3) is 0. The van der Waals surface area contributed by atoms with Crippen molar-refractivity contribution in [2.45, 2.75) is 0 Å². The van der Waals surface area contributed by atoms with Crippen LogP contribution in [-0.2, 0) is 0 Å². The Morgan fingerprint density at radius 1 is 0.895 bits per heavy atom. The van der Waals surface area contributed by atoms with Crippen molar-refractivity contribution in [1.29, 1.82) is 0 Å². The van der Waals surface area contributed by atoms with Gasteiger partial charge in [-0.25, -0.2) is 0 Å². The lowest BCUT2D eigenvalue weighted by Gasteiger charge is -2.01. The Kier molecular flexibility index (Phi) is 2.59. The third-order valence-electron chi connectivity index (χ3n) is 3.41. The smallest absolute Gasteiger partial charge is 0.0585 e. The van der Waals surface area contributed by atoms with E-state index in [0.29, 0.717) is 0 Å². The first-order valence-corrected chi connectivity index (χ1v) is 7.92. The van der Waals surface area contributed by atoms with Gasteiger partial charge in [-0.1, -0.05) is 57.9 Å². The van der Waals surface area contributed by atoms with Gasteiger partial charge in [0.2, 0.25) is 0 Å². The van der Waals surface area contributed by atoms with Crippen LogP contribution in [0.5, 0.6) is 0 Å². The number of fused-ring (bicyclic) bond motifs is 5. The molecular weight excluding hydrogens is 340 g/mol. The Hall–Kier alpha value is -1.09. The zero-order valence-electron chi connectivity index (χ0n) is 9.78. The summed E-state index contributed by atoms with van der Waals surface area (Å²) in [5.41, 5.74) is 0. The Morgan fingerprint density at radius 2 is 1.74 bits per heavy atom. The van der Waals surface area contributed by atoms with E-state index < -0.39 is 0 Å². The van der Waals surface area contributed by atoms with Gasteiger partial charge < -0.3 is 0 Å². The van der Waals surface area contributed by atoms with Gasteiger partial charge in [0.05, 0.1) is 9.72 Å². The van der Waals surface area contributed by atoms with Crippen molar-refractivity contribution in [2.24, 2.45) is 0 Å². The van der Waals surface area contributed by atoms with Gasteiger partial charge >= 0.3 is 0 Å². The normalized spacial score (nSPS) is 11.7. The zero-order chi connectivity index (χ0) is 13.0. The minimum absolute atomic E-state index is 0.823. The predicted molar refractivity (Wildman–Crippen MR) is 89.5 cm³/mol. The molecule has 1 aromatic heterocycles. The fourth-order valence-electron chi connectivity index (χ4n) is 2.57. The molecule has 0 nitrogen and oxygen atoms in total. The molecule has 4 rings (SSSR count). The maximum atomic E-state index is 6.34. The third-order valence-corrected chi connectivity index (χ3v) is 5.69. The van der Waals surface area contributed by atoms with Crippen LogP contribution in [0.15, 0.2) is 53.0 Å². The Labute approximate surface area is 127 Å². The molecule has 0 bridgehead atoms. The largest absolute Gasteiger partial charge is 0.134 e. The fourth-order valence-corrected chi connectivity index (χ4v) is 4.65. The second kappa shape index (κ2) is 4.20. The van der Waals surface area contributed by atoms with Gasteiger partial charge in [-0.05, 0) is 29.0 Å². The molecule has 3 aromatic carbocycles. The molecule has 0 atom stereocenters. The van der Waals surface area contributed by atoms with Gasteiger partial charge in [0.15, 0.2) is 0 Å². The summed E-state index contributed by atoms with van der Waals surface area (Å²) in [5, 5.41) is 5.90. The average Bonchev–Trinajstić information content (AvgIpc) is 2.84. The summed E-state index contributed by atoms with van der Waals surface area (Å²) in [6.45, 7) is 0. The molecule has 0 amide bonds. The standard InChI is InChI=1S/C16H8BrClS/c17-11-6-7-12(18)16-15(11)14-10-4-2-1-3-9(10)5-8-13(14)19-16/h1-8H. The first-order valence-electron chi connectivity index (χ1n) is 5.93. The second-order valence-corrected chi connectivity index (χ2v) is 6.81. The van der Waals surface area contributed by atoms with E-state index in [9.17, 15) is 0 Å². The quantitative estimate of drug-likeness (QED) is 0.335. The Bertz CT molecular complexity index is 940. The molecule has 92 valence electrons. The molecule has 4 aromatic rings. The van der Waals surface area contributed by atoms with Crippen LogP contribution >= 0.6 is 38.9 Å². The van der Waals surface area contributed by atoms with Crippen LogP contribution in [0.2, 0.25) is 5.02 Å². The van der Waals surface area contributed by atoms with E-state index in [0.717, 1.165) is 14.2 Å². The highest BCUT2D eigenvalue weighted by Gasteiger charge is 2.13. The van der Waals surface area contributed by atoms with Crippen LogP contribution in [0.4, 0.5) is 0 Å². The molecule has 0 saturated carbocycles. The summed E-state index contributed by atoms with van der Waals surface area (Å²) in [6.07, 6.45) is 0. The number of hydrogen-bond acceptors (Lipinski definition) is 1. The van der Waals surface area contributed by atoms with E-state index in [2.05, 4.69) is 52.3 Å². The lowest BCUT2D eigenvalue weighted by Crippen LogP contribution is -1.75. The highest BCUT2D eigenvalue weighted by molar-refractivity contribution is 9.10. The summed E-state index contributed by atoms with van der Waals surface area (Å²) in [5.74, 6) is 0. The Morgan fingerprint density at radius 3 is 2.63 bits per heavy atom.